The van der Waals surface area contributed by atoms with Crippen LogP contribution in [0.5, 0.6) is 11.5 Å². The second-order valence-electron chi connectivity index (χ2n) is 6.09. The van der Waals surface area contributed by atoms with E-state index < -0.39 is 0 Å². The lowest BCUT2D eigenvalue weighted by Gasteiger charge is -2.23. The van der Waals surface area contributed by atoms with E-state index >= 15 is 0 Å². The minimum absolute atomic E-state index is 0.0210. The molecule has 1 aliphatic carbocycles. The molecule has 126 valence electrons. The van der Waals surface area contributed by atoms with Crippen LogP contribution < -0.4 is 14.8 Å². The fourth-order valence-corrected chi connectivity index (χ4v) is 3.62. The molecular weight excluding hydrogens is 330 g/mol. The molecule has 0 radical (unpaired) electrons. The topological polar surface area (TPSA) is 60.7 Å². The molecule has 0 fully saturated rings. The number of fused-ring (bicyclic) bond motifs is 2. The Balaban J connectivity index is 1.47. The molecule has 1 atom stereocenters. The highest BCUT2D eigenvalue weighted by Gasteiger charge is 2.24. The number of benzene rings is 1. The summed E-state index contributed by atoms with van der Waals surface area (Å²) >= 11 is 6.23. The Kier molecular flexibility index (Phi) is 4.10. The fraction of sp³-hybridized carbons (Fsp3) is 0.389. The van der Waals surface area contributed by atoms with Gasteiger partial charge in [-0.15, -0.1) is 0 Å². The Morgan fingerprint density at radius 3 is 3.08 bits per heavy atom. The quantitative estimate of drug-likeness (QED) is 0.924. The third-order valence-electron chi connectivity index (χ3n) is 4.41. The van der Waals surface area contributed by atoms with Crippen LogP contribution in [-0.2, 0) is 17.6 Å². The highest BCUT2D eigenvalue weighted by atomic mass is 35.5. The minimum atomic E-state index is -0.0400. The lowest BCUT2D eigenvalue weighted by atomic mass is 9.93. The summed E-state index contributed by atoms with van der Waals surface area (Å²) in [4.78, 5) is 12.4. The van der Waals surface area contributed by atoms with Crippen LogP contribution in [0.2, 0.25) is 5.02 Å². The van der Waals surface area contributed by atoms with E-state index in [1.807, 2.05) is 12.1 Å². The molecule has 1 aromatic carbocycles. The van der Waals surface area contributed by atoms with Gasteiger partial charge in [0.05, 0.1) is 23.7 Å². The number of amides is 1. The van der Waals surface area contributed by atoms with Crippen molar-refractivity contribution in [2.75, 3.05) is 13.2 Å². The summed E-state index contributed by atoms with van der Waals surface area (Å²) in [7, 11) is 0. The number of hydrogen-bond donors (Lipinski definition) is 1. The zero-order valence-electron chi connectivity index (χ0n) is 13.1. The van der Waals surface area contributed by atoms with Gasteiger partial charge in [0.2, 0.25) is 5.91 Å². The van der Waals surface area contributed by atoms with E-state index in [9.17, 15) is 4.79 Å². The molecule has 0 saturated heterocycles. The van der Waals surface area contributed by atoms with Crippen molar-refractivity contribution in [3.05, 3.63) is 46.4 Å². The van der Waals surface area contributed by atoms with Crippen LogP contribution in [0, 0.1) is 0 Å². The number of nitrogens with one attached hydrogen (secondary N) is 1. The Morgan fingerprint density at radius 2 is 2.17 bits per heavy atom. The zero-order chi connectivity index (χ0) is 16.5. The maximum atomic E-state index is 12.4. The Labute approximate surface area is 144 Å². The molecule has 4 rings (SSSR count). The Morgan fingerprint density at radius 1 is 1.29 bits per heavy atom. The first-order valence-corrected chi connectivity index (χ1v) is 8.52. The van der Waals surface area contributed by atoms with Crippen LogP contribution in [0.1, 0.15) is 35.8 Å². The number of aryl methyl sites for hydroxylation is 1. The third kappa shape index (κ3) is 2.96. The van der Waals surface area contributed by atoms with Gasteiger partial charge in [-0.2, -0.15) is 0 Å². The van der Waals surface area contributed by atoms with Crippen LogP contribution in [0.3, 0.4) is 0 Å². The molecule has 1 aromatic heterocycles. The summed E-state index contributed by atoms with van der Waals surface area (Å²) in [5.74, 6) is 2.10. The van der Waals surface area contributed by atoms with Gasteiger partial charge in [-0.1, -0.05) is 11.6 Å². The Hall–Kier alpha value is -2.14. The van der Waals surface area contributed by atoms with E-state index in [0.29, 0.717) is 29.7 Å². The molecule has 0 bridgehead atoms. The van der Waals surface area contributed by atoms with E-state index in [4.69, 9.17) is 25.5 Å². The molecule has 5 nitrogen and oxygen atoms in total. The van der Waals surface area contributed by atoms with Crippen molar-refractivity contribution in [1.82, 2.24) is 5.32 Å². The summed E-state index contributed by atoms with van der Waals surface area (Å²) in [6, 6.07) is 5.55. The molecule has 1 aliphatic heterocycles. The monoisotopic (exact) mass is 347 g/mol. The number of furan rings is 1. The lowest BCUT2D eigenvalue weighted by Crippen LogP contribution is -2.31. The molecule has 1 N–H and O–H groups in total. The molecule has 6 heteroatoms. The van der Waals surface area contributed by atoms with Crippen LogP contribution in [0.25, 0.3) is 0 Å². The summed E-state index contributed by atoms with van der Waals surface area (Å²) in [5, 5.41) is 3.57. The smallest absolute Gasteiger partial charge is 0.224 e. The summed E-state index contributed by atoms with van der Waals surface area (Å²) in [5.41, 5.74) is 1.90. The predicted molar refractivity (Wildman–Crippen MR) is 88.7 cm³/mol. The van der Waals surface area contributed by atoms with Crippen LogP contribution >= 0.6 is 11.6 Å². The molecule has 0 spiro atoms. The Bertz CT molecular complexity index is 770. The zero-order valence-corrected chi connectivity index (χ0v) is 13.9. The average Bonchev–Trinajstić information content (AvgIpc) is 3.04. The van der Waals surface area contributed by atoms with Crippen LogP contribution in [0.4, 0.5) is 0 Å². The number of halogens is 1. The standard InChI is InChI=1S/C18H18ClNO4/c19-13-8-11(9-16-18(13)24-7-6-23-16)10-17(21)20-14-2-1-3-15-12(14)4-5-22-15/h4-5,8-9,14H,1-3,6-7,10H2,(H,20,21). The number of carbonyl (C=O) groups is 1. The van der Waals surface area contributed by atoms with Crippen molar-refractivity contribution in [1.29, 1.82) is 0 Å². The molecular formula is C18H18ClNO4. The normalized spacial score (nSPS) is 18.8. The van der Waals surface area contributed by atoms with Gasteiger partial charge in [-0.3, -0.25) is 4.79 Å². The molecule has 2 aromatic rings. The van der Waals surface area contributed by atoms with Crippen molar-refractivity contribution in [2.45, 2.75) is 31.7 Å². The predicted octanol–water partition coefficient (Wildman–Crippen LogP) is 3.44. The molecule has 0 saturated carbocycles. The van der Waals surface area contributed by atoms with Gasteiger partial charge in [-0.05, 0) is 36.6 Å². The second-order valence-corrected chi connectivity index (χ2v) is 6.50. The molecule has 1 amide bonds. The highest BCUT2D eigenvalue weighted by Crippen LogP contribution is 2.38. The molecule has 2 heterocycles. The number of rotatable bonds is 3. The number of carbonyl (C=O) groups excluding carboxylic acids is 1. The first-order valence-electron chi connectivity index (χ1n) is 8.14. The van der Waals surface area contributed by atoms with Crippen molar-refractivity contribution < 1.29 is 18.7 Å². The van der Waals surface area contributed by atoms with Crippen LogP contribution in [0.15, 0.2) is 28.9 Å². The first kappa shape index (κ1) is 15.4. The average molecular weight is 348 g/mol. The fourth-order valence-electron chi connectivity index (χ4n) is 3.33. The van der Waals surface area contributed by atoms with E-state index in [1.165, 1.54) is 0 Å². The largest absolute Gasteiger partial charge is 0.486 e. The van der Waals surface area contributed by atoms with Crippen molar-refractivity contribution in [3.8, 4) is 11.5 Å². The van der Waals surface area contributed by atoms with E-state index in [0.717, 1.165) is 36.1 Å². The van der Waals surface area contributed by atoms with Crippen molar-refractivity contribution >= 4 is 17.5 Å². The van der Waals surface area contributed by atoms with E-state index in [-0.39, 0.29) is 18.4 Å². The van der Waals surface area contributed by atoms with Gasteiger partial charge < -0.3 is 19.2 Å². The number of ether oxygens (including phenoxy) is 2. The minimum Gasteiger partial charge on any atom is -0.486 e. The van der Waals surface area contributed by atoms with E-state index in [1.54, 1.807) is 12.3 Å². The first-order chi connectivity index (χ1) is 11.7. The maximum Gasteiger partial charge on any atom is 0.224 e. The van der Waals surface area contributed by atoms with Gasteiger partial charge in [0.1, 0.15) is 19.0 Å². The molecule has 24 heavy (non-hydrogen) atoms. The second kappa shape index (κ2) is 6.40. The van der Waals surface area contributed by atoms with Crippen LogP contribution in [-0.4, -0.2) is 19.1 Å². The number of hydrogen-bond acceptors (Lipinski definition) is 4. The molecule has 2 aliphatic rings. The molecule has 1 unspecified atom stereocenters. The highest BCUT2D eigenvalue weighted by molar-refractivity contribution is 6.32. The van der Waals surface area contributed by atoms with Crippen molar-refractivity contribution in [2.24, 2.45) is 0 Å². The lowest BCUT2D eigenvalue weighted by molar-refractivity contribution is -0.121. The van der Waals surface area contributed by atoms with E-state index in [2.05, 4.69) is 5.32 Å². The summed E-state index contributed by atoms with van der Waals surface area (Å²) < 4.78 is 16.5. The van der Waals surface area contributed by atoms with Gasteiger partial charge in [0, 0.05) is 12.0 Å². The van der Waals surface area contributed by atoms with Gasteiger partial charge in [-0.25, -0.2) is 0 Å². The van der Waals surface area contributed by atoms with Gasteiger partial charge in [0.25, 0.3) is 0 Å². The summed E-state index contributed by atoms with van der Waals surface area (Å²) in [6.45, 7) is 0.978. The van der Waals surface area contributed by atoms with Gasteiger partial charge in [0.15, 0.2) is 11.5 Å². The summed E-state index contributed by atoms with van der Waals surface area (Å²) in [6.07, 6.45) is 4.82. The SMILES string of the molecule is O=C(Cc1cc(Cl)c2c(c1)OCCO2)NC1CCCc2occc21. The van der Waals surface area contributed by atoms with Crippen molar-refractivity contribution in [3.63, 3.8) is 0 Å². The van der Waals surface area contributed by atoms with Gasteiger partial charge >= 0.3 is 0 Å². The maximum absolute atomic E-state index is 12.4. The third-order valence-corrected chi connectivity index (χ3v) is 4.69.